The lowest BCUT2D eigenvalue weighted by atomic mass is 10.1. The van der Waals surface area contributed by atoms with Crippen LogP contribution in [-0.4, -0.2) is 25.7 Å². The first-order chi connectivity index (χ1) is 12.6. The largest absolute Gasteiger partial charge is 0.321 e. The van der Waals surface area contributed by atoms with E-state index in [2.05, 4.69) is 20.4 Å². The van der Waals surface area contributed by atoms with Crippen LogP contribution in [0.15, 0.2) is 41.2 Å². The van der Waals surface area contributed by atoms with E-state index in [0.29, 0.717) is 22.9 Å². The monoisotopic (exact) mass is 349 g/mol. The molecule has 0 aliphatic carbocycles. The smallest absolute Gasteiger partial charge is 0.276 e. The van der Waals surface area contributed by atoms with Crippen molar-refractivity contribution >= 4 is 11.6 Å². The number of carbonyl (C=O) groups excluding carboxylic acids is 1. The molecule has 0 saturated carbocycles. The highest BCUT2D eigenvalue weighted by atomic mass is 16.2. The summed E-state index contributed by atoms with van der Waals surface area (Å²) in [5.41, 5.74) is 3.33. The molecule has 0 atom stereocenters. The second kappa shape index (κ2) is 6.59. The molecule has 1 aromatic carbocycles. The average molecular weight is 349 g/mol. The minimum Gasteiger partial charge on any atom is -0.321 e. The number of nitrogens with one attached hydrogen (secondary N) is 2. The van der Waals surface area contributed by atoms with E-state index in [1.165, 1.54) is 6.07 Å². The molecule has 0 radical (unpaired) electrons. The van der Waals surface area contributed by atoms with E-state index in [9.17, 15) is 9.59 Å². The van der Waals surface area contributed by atoms with Crippen molar-refractivity contribution in [2.45, 2.75) is 32.7 Å². The zero-order valence-electron chi connectivity index (χ0n) is 14.5. The van der Waals surface area contributed by atoms with Gasteiger partial charge >= 0.3 is 0 Å². The highest BCUT2D eigenvalue weighted by Crippen LogP contribution is 2.20. The molecule has 0 saturated heterocycles. The summed E-state index contributed by atoms with van der Waals surface area (Å²) in [5, 5.41) is 7.27. The number of H-pyrrole nitrogens is 1. The average Bonchev–Trinajstić information content (AvgIpc) is 3.05. The molecule has 0 bridgehead atoms. The van der Waals surface area contributed by atoms with Gasteiger partial charge in [-0.1, -0.05) is 12.1 Å². The summed E-state index contributed by atoms with van der Waals surface area (Å²) >= 11 is 0. The van der Waals surface area contributed by atoms with Crippen LogP contribution in [0.1, 0.15) is 34.7 Å². The fourth-order valence-electron chi connectivity index (χ4n) is 3.18. The van der Waals surface area contributed by atoms with Crippen LogP contribution in [0.4, 0.5) is 5.69 Å². The van der Waals surface area contributed by atoms with Gasteiger partial charge < -0.3 is 10.3 Å². The summed E-state index contributed by atoms with van der Waals surface area (Å²) in [6.07, 6.45) is 3.19. The summed E-state index contributed by atoms with van der Waals surface area (Å²) in [7, 11) is 0. The number of hydrogen-bond donors (Lipinski definition) is 2. The highest BCUT2D eigenvalue weighted by molar-refractivity contribution is 6.03. The van der Waals surface area contributed by atoms with Gasteiger partial charge in [0.05, 0.1) is 0 Å². The maximum Gasteiger partial charge on any atom is 0.276 e. The minimum atomic E-state index is -0.241. The Kier molecular flexibility index (Phi) is 4.12. The first kappa shape index (κ1) is 16.3. The molecule has 132 valence electrons. The van der Waals surface area contributed by atoms with Crippen LogP contribution in [0.5, 0.6) is 0 Å². The summed E-state index contributed by atoms with van der Waals surface area (Å²) in [5.74, 6) is 0.235. The molecule has 1 aliphatic rings. The fraction of sp³-hybridized carbons (Fsp3) is 0.263. The summed E-state index contributed by atoms with van der Waals surface area (Å²) in [6.45, 7) is 2.63. The van der Waals surface area contributed by atoms with Crippen molar-refractivity contribution in [2.24, 2.45) is 0 Å². The third-order valence-electron chi connectivity index (χ3n) is 4.41. The van der Waals surface area contributed by atoms with Gasteiger partial charge in [-0.25, -0.2) is 4.98 Å². The Morgan fingerprint density at radius 2 is 2.12 bits per heavy atom. The third kappa shape index (κ3) is 3.28. The lowest BCUT2D eigenvalue weighted by Gasteiger charge is -2.11. The van der Waals surface area contributed by atoms with Crippen LogP contribution in [0.2, 0.25) is 0 Å². The summed E-state index contributed by atoms with van der Waals surface area (Å²) < 4.78 is 1.91. The Hall–Kier alpha value is -3.22. The molecule has 7 heteroatoms. The first-order valence-corrected chi connectivity index (χ1v) is 8.65. The number of aromatic amines is 1. The van der Waals surface area contributed by atoms with Gasteiger partial charge in [0.15, 0.2) is 5.69 Å². The van der Waals surface area contributed by atoms with Crippen molar-refractivity contribution in [1.82, 2.24) is 19.7 Å². The van der Waals surface area contributed by atoms with Crippen LogP contribution in [-0.2, 0) is 13.0 Å². The molecule has 7 nitrogen and oxygen atoms in total. The third-order valence-corrected chi connectivity index (χ3v) is 4.41. The Morgan fingerprint density at radius 1 is 1.23 bits per heavy atom. The van der Waals surface area contributed by atoms with Crippen molar-refractivity contribution in [1.29, 1.82) is 0 Å². The number of aryl methyl sites for hydroxylation is 3. The zero-order chi connectivity index (χ0) is 18.1. The second-order valence-electron chi connectivity index (χ2n) is 6.47. The second-order valence-corrected chi connectivity index (χ2v) is 6.47. The van der Waals surface area contributed by atoms with Crippen molar-refractivity contribution in [3.05, 3.63) is 63.8 Å². The van der Waals surface area contributed by atoms with Crippen molar-refractivity contribution < 1.29 is 4.79 Å². The van der Waals surface area contributed by atoms with Gasteiger partial charge in [0.2, 0.25) is 0 Å². The molecule has 1 aliphatic heterocycles. The van der Waals surface area contributed by atoms with Gasteiger partial charge in [0.25, 0.3) is 11.5 Å². The Bertz CT molecular complexity index is 1010. The Labute approximate surface area is 150 Å². The number of anilines is 1. The van der Waals surface area contributed by atoms with Gasteiger partial charge in [-0.3, -0.25) is 14.3 Å². The van der Waals surface area contributed by atoms with E-state index in [0.717, 1.165) is 37.1 Å². The molecule has 3 heterocycles. The number of rotatable bonds is 3. The Morgan fingerprint density at radius 3 is 2.92 bits per heavy atom. The molecule has 3 aromatic rings. The highest BCUT2D eigenvalue weighted by Gasteiger charge is 2.17. The van der Waals surface area contributed by atoms with Crippen molar-refractivity contribution in [3.63, 3.8) is 0 Å². The number of hydrogen-bond acceptors (Lipinski definition) is 4. The van der Waals surface area contributed by atoms with Crippen molar-refractivity contribution in [3.8, 4) is 11.4 Å². The molecule has 2 N–H and O–H groups in total. The van der Waals surface area contributed by atoms with Crippen LogP contribution < -0.4 is 10.9 Å². The number of carbonyl (C=O) groups is 1. The van der Waals surface area contributed by atoms with Crippen LogP contribution in [0.25, 0.3) is 11.4 Å². The number of nitrogens with zero attached hydrogens (tertiary/aromatic N) is 3. The molecule has 4 rings (SSSR count). The number of fused-ring (bicyclic) bond motifs is 1. The predicted octanol–water partition coefficient (Wildman–Crippen LogP) is 2.53. The van der Waals surface area contributed by atoms with Crippen LogP contribution in [0, 0.1) is 6.92 Å². The van der Waals surface area contributed by atoms with Crippen LogP contribution >= 0.6 is 0 Å². The molecule has 0 spiro atoms. The van der Waals surface area contributed by atoms with Gasteiger partial charge in [-0.05, 0) is 44.4 Å². The Balaban J connectivity index is 1.58. The normalized spacial score (nSPS) is 13.3. The van der Waals surface area contributed by atoms with E-state index in [1.54, 1.807) is 19.1 Å². The maximum atomic E-state index is 12.5. The SMILES string of the molecule is Cc1cc(=O)[nH]c(-c2cccc(NC(=O)c3cc4n(n3)CCCC4)c2)n1. The predicted molar refractivity (Wildman–Crippen MR) is 98.1 cm³/mol. The van der Waals surface area contributed by atoms with Gasteiger partial charge in [-0.2, -0.15) is 5.10 Å². The maximum absolute atomic E-state index is 12.5. The molecule has 2 aromatic heterocycles. The molecular formula is C19H19N5O2. The van der Waals surface area contributed by atoms with E-state index in [4.69, 9.17) is 0 Å². The van der Waals surface area contributed by atoms with Gasteiger partial charge in [0.1, 0.15) is 5.82 Å². The summed E-state index contributed by atoms with van der Waals surface area (Å²) in [6, 6.07) is 10.5. The molecule has 0 fully saturated rings. The topological polar surface area (TPSA) is 92.7 Å². The summed E-state index contributed by atoms with van der Waals surface area (Å²) in [4.78, 5) is 31.2. The number of amides is 1. The van der Waals surface area contributed by atoms with E-state index >= 15 is 0 Å². The zero-order valence-corrected chi connectivity index (χ0v) is 14.5. The molecule has 26 heavy (non-hydrogen) atoms. The van der Waals surface area contributed by atoms with E-state index < -0.39 is 0 Å². The molecular weight excluding hydrogens is 330 g/mol. The lowest BCUT2D eigenvalue weighted by molar-refractivity contribution is 0.102. The first-order valence-electron chi connectivity index (χ1n) is 8.65. The number of aromatic nitrogens is 4. The van der Waals surface area contributed by atoms with Crippen LogP contribution in [0.3, 0.4) is 0 Å². The van der Waals surface area contributed by atoms with Crippen molar-refractivity contribution in [2.75, 3.05) is 5.32 Å². The standard InChI is InChI=1S/C19H19N5O2/c1-12-9-17(25)22-18(20-12)13-5-4-6-14(10-13)21-19(26)16-11-15-7-2-3-8-24(15)23-16/h4-6,9-11H,2-3,7-8H2,1H3,(H,21,26)(H,20,22,25). The van der Waals surface area contributed by atoms with Gasteiger partial charge in [0, 0.05) is 35.2 Å². The molecule has 0 unspecified atom stereocenters. The van der Waals surface area contributed by atoms with Gasteiger partial charge in [-0.15, -0.1) is 0 Å². The number of benzene rings is 1. The lowest BCUT2D eigenvalue weighted by Crippen LogP contribution is -2.14. The fourth-order valence-corrected chi connectivity index (χ4v) is 3.18. The molecule has 1 amide bonds. The van der Waals surface area contributed by atoms with E-state index in [-0.39, 0.29) is 11.5 Å². The minimum absolute atomic E-state index is 0.203. The van der Waals surface area contributed by atoms with E-state index in [1.807, 2.05) is 22.9 Å². The quantitative estimate of drug-likeness (QED) is 0.760.